The number of ether oxygens (including phenoxy) is 2. The number of halogens is 2. The monoisotopic (exact) mass is 402 g/mol. The number of carbonyl (C=O) groups excluding carboxylic acids is 1. The lowest BCUT2D eigenvalue weighted by atomic mass is 10.1. The van der Waals surface area contributed by atoms with E-state index in [1.165, 1.54) is 7.11 Å². The first kappa shape index (κ1) is 19.0. The molecule has 1 aliphatic heterocycles. The number of benzene rings is 1. The predicted octanol–water partition coefficient (Wildman–Crippen LogP) is 3.02. The van der Waals surface area contributed by atoms with Gasteiger partial charge in [-0.25, -0.2) is 4.39 Å². The fourth-order valence-corrected chi connectivity index (χ4v) is 3.46. The zero-order valence-electron chi connectivity index (χ0n) is 14.1. The number of likely N-dealkylation sites (N-methyl/N-ethyl adjacent to an activating group) is 1. The number of methoxy groups -OCH3 is 1. The SMILES string of the molecule is CCN1CCC[C@H]1CNC(=O)c1cc(Br)cc(OC)c1OCCF. The van der Waals surface area contributed by atoms with Crippen molar-refractivity contribution in [3.63, 3.8) is 0 Å². The normalized spacial score (nSPS) is 17.8. The molecule has 1 fully saturated rings. The average molecular weight is 403 g/mol. The van der Waals surface area contributed by atoms with Crippen molar-refractivity contribution in [3.8, 4) is 11.5 Å². The summed E-state index contributed by atoms with van der Waals surface area (Å²) in [6.07, 6.45) is 2.24. The first-order valence-corrected chi connectivity index (χ1v) is 8.98. The summed E-state index contributed by atoms with van der Waals surface area (Å²) in [6.45, 7) is 4.02. The number of hydrogen-bond acceptors (Lipinski definition) is 4. The maximum Gasteiger partial charge on any atom is 0.255 e. The predicted molar refractivity (Wildman–Crippen MR) is 94.8 cm³/mol. The first-order valence-electron chi connectivity index (χ1n) is 8.19. The van der Waals surface area contributed by atoms with Crippen LogP contribution in [0.25, 0.3) is 0 Å². The minimum Gasteiger partial charge on any atom is -0.493 e. The number of nitrogens with zero attached hydrogens (tertiary/aromatic N) is 1. The molecule has 0 radical (unpaired) electrons. The van der Waals surface area contributed by atoms with E-state index in [-0.39, 0.29) is 18.3 Å². The van der Waals surface area contributed by atoms with Gasteiger partial charge in [-0.05, 0) is 38.1 Å². The molecule has 0 bridgehead atoms. The number of nitrogens with one attached hydrogen (secondary N) is 1. The van der Waals surface area contributed by atoms with Crippen LogP contribution in [-0.2, 0) is 0 Å². The second-order valence-electron chi connectivity index (χ2n) is 5.66. The van der Waals surface area contributed by atoms with Crippen LogP contribution in [0.1, 0.15) is 30.1 Å². The minimum absolute atomic E-state index is 0.121. The Morgan fingerprint density at radius 3 is 2.96 bits per heavy atom. The zero-order valence-corrected chi connectivity index (χ0v) is 15.7. The Morgan fingerprint density at radius 1 is 1.50 bits per heavy atom. The van der Waals surface area contributed by atoms with Gasteiger partial charge in [-0.1, -0.05) is 22.9 Å². The van der Waals surface area contributed by atoms with Gasteiger partial charge in [0.05, 0.1) is 12.7 Å². The van der Waals surface area contributed by atoms with E-state index in [0.29, 0.717) is 28.4 Å². The summed E-state index contributed by atoms with van der Waals surface area (Å²) in [6, 6.07) is 3.72. The molecule has 1 atom stereocenters. The zero-order chi connectivity index (χ0) is 17.5. The molecule has 1 aromatic carbocycles. The standard InChI is InChI=1S/C17H24BrFN2O3/c1-3-21-7-4-5-13(21)11-20-17(22)14-9-12(18)10-15(23-2)16(14)24-8-6-19/h9-10,13H,3-8,11H2,1-2H3,(H,20,22)/t13-/m0/s1. The van der Waals surface area contributed by atoms with E-state index in [4.69, 9.17) is 9.47 Å². The molecule has 134 valence electrons. The van der Waals surface area contributed by atoms with Crippen molar-refractivity contribution in [1.29, 1.82) is 0 Å². The van der Waals surface area contributed by atoms with E-state index in [1.54, 1.807) is 12.1 Å². The van der Waals surface area contributed by atoms with Crippen LogP contribution in [0.3, 0.4) is 0 Å². The van der Waals surface area contributed by atoms with E-state index in [9.17, 15) is 9.18 Å². The van der Waals surface area contributed by atoms with Crippen molar-refractivity contribution in [2.45, 2.75) is 25.8 Å². The highest BCUT2D eigenvalue weighted by atomic mass is 79.9. The molecule has 5 nitrogen and oxygen atoms in total. The molecule has 2 rings (SSSR count). The third-order valence-electron chi connectivity index (χ3n) is 4.21. The fourth-order valence-electron chi connectivity index (χ4n) is 3.03. The van der Waals surface area contributed by atoms with Crippen molar-refractivity contribution >= 4 is 21.8 Å². The number of amides is 1. The van der Waals surface area contributed by atoms with Crippen LogP contribution >= 0.6 is 15.9 Å². The largest absolute Gasteiger partial charge is 0.493 e. The molecule has 7 heteroatoms. The molecule has 0 saturated carbocycles. The number of hydrogen-bond donors (Lipinski definition) is 1. The van der Waals surface area contributed by atoms with Crippen molar-refractivity contribution in [1.82, 2.24) is 10.2 Å². The van der Waals surface area contributed by atoms with Crippen LogP contribution in [0.5, 0.6) is 11.5 Å². The highest BCUT2D eigenvalue weighted by Crippen LogP contribution is 2.35. The van der Waals surface area contributed by atoms with E-state index >= 15 is 0 Å². The molecule has 0 aliphatic carbocycles. The van der Waals surface area contributed by atoms with Gasteiger partial charge in [0.2, 0.25) is 0 Å². The maximum absolute atomic E-state index is 12.6. The average Bonchev–Trinajstić information content (AvgIpc) is 3.05. The molecular formula is C17H24BrFN2O3. The first-order chi connectivity index (χ1) is 11.6. The van der Waals surface area contributed by atoms with Crippen molar-refractivity contribution in [3.05, 3.63) is 22.2 Å². The van der Waals surface area contributed by atoms with Crippen molar-refractivity contribution in [2.75, 3.05) is 40.0 Å². The van der Waals surface area contributed by atoms with E-state index in [2.05, 4.69) is 33.1 Å². The van der Waals surface area contributed by atoms with Crippen LogP contribution in [-0.4, -0.2) is 56.9 Å². The molecule has 1 aliphatic rings. The second-order valence-corrected chi connectivity index (χ2v) is 6.57. The van der Waals surface area contributed by atoms with Gasteiger partial charge in [-0.3, -0.25) is 9.69 Å². The Kier molecular flexibility index (Phi) is 7.30. The van der Waals surface area contributed by atoms with Crippen LogP contribution in [0.2, 0.25) is 0 Å². The number of alkyl halides is 1. The molecule has 0 spiro atoms. The molecule has 0 aromatic heterocycles. The van der Waals surface area contributed by atoms with Gasteiger partial charge in [-0.2, -0.15) is 0 Å². The Morgan fingerprint density at radius 2 is 2.29 bits per heavy atom. The molecule has 1 amide bonds. The van der Waals surface area contributed by atoms with Crippen LogP contribution in [0.15, 0.2) is 16.6 Å². The molecule has 1 heterocycles. The minimum atomic E-state index is -0.631. The van der Waals surface area contributed by atoms with Crippen LogP contribution < -0.4 is 14.8 Å². The molecule has 1 aromatic rings. The topological polar surface area (TPSA) is 50.8 Å². The molecule has 1 N–H and O–H groups in total. The highest BCUT2D eigenvalue weighted by molar-refractivity contribution is 9.10. The van der Waals surface area contributed by atoms with Gasteiger partial charge in [0, 0.05) is 17.1 Å². The van der Waals surface area contributed by atoms with E-state index in [1.807, 2.05) is 0 Å². The summed E-state index contributed by atoms with van der Waals surface area (Å²) in [5.41, 5.74) is 0.343. The fraction of sp³-hybridized carbons (Fsp3) is 0.588. The van der Waals surface area contributed by atoms with E-state index in [0.717, 1.165) is 25.9 Å². The maximum atomic E-state index is 12.6. The van der Waals surface area contributed by atoms with Crippen molar-refractivity contribution < 1.29 is 18.7 Å². The van der Waals surface area contributed by atoms with Gasteiger partial charge in [0.25, 0.3) is 5.91 Å². The molecular weight excluding hydrogens is 379 g/mol. The molecule has 1 saturated heterocycles. The summed E-state index contributed by atoms with van der Waals surface area (Å²) in [5.74, 6) is 0.431. The number of rotatable bonds is 8. The Bertz CT molecular complexity index is 571. The lowest BCUT2D eigenvalue weighted by Crippen LogP contribution is -2.40. The number of likely N-dealkylation sites (tertiary alicyclic amines) is 1. The van der Waals surface area contributed by atoms with Gasteiger partial charge >= 0.3 is 0 Å². The summed E-state index contributed by atoms with van der Waals surface area (Å²) in [4.78, 5) is 15.0. The van der Waals surface area contributed by atoms with Gasteiger partial charge < -0.3 is 14.8 Å². The van der Waals surface area contributed by atoms with Gasteiger partial charge in [0.1, 0.15) is 13.3 Å². The van der Waals surface area contributed by atoms with Crippen LogP contribution in [0, 0.1) is 0 Å². The second kappa shape index (κ2) is 9.22. The van der Waals surface area contributed by atoms with Crippen LogP contribution in [0.4, 0.5) is 4.39 Å². The Labute approximate surface area is 150 Å². The summed E-state index contributed by atoms with van der Waals surface area (Å²) < 4.78 is 23.8. The smallest absolute Gasteiger partial charge is 0.255 e. The third kappa shape index (κ3) is 4.60. The Balaban J connectivity index is 2.13. The highest BCUT2D eigenvalue weighted by Gasteiger charge is 2.25. The summed E-state index contributed by atoms with van der Waals surface area (Å²) >= 11 is 3.36. The Hall–Kier alpha value is -1.34. The third-order valence-corrected chi connectivity index (χ3v) is 4.67. The quantitative estimate of drug-likeness (QED) is 0.725. The lowest BCUT2D eigenvalue weighted by Gasteiger charge is -2.23. The summed E-state index contributed by atoms with van der Waals surface area (Å²) in [5, 5.41) is 2.97. The summed E-state index contributed by atoms with van der Waals surface area (Å²) in [7, 11) is 1.49. The van der Waals surface area contributed by atoms with E-state index < -0.39 is 6.67 Å². The number of carbonyl (C=O) groups is 1. The molecule has 0 unspecified atom stereocenters. The van der Waals surface area contributed by atoms with Gasteiger partial charge in [-0.15, -0.1) is 0 Å². The lowest BCUT2D eigenvalue weighted by molar-refractivity contribution is 0.0936. The molecule has 24 heavy (non-hydrogen) atoms. The van der Waals surface area contributed by atoms with Gasteiger partial charge in [0.15, 0.2) is 11.5 Å². The van der Waals surface area contributed by atoms with Crippen molar-refractivity contribution in [2.24, 2.45) is 0 Å².